The van der Waals surface area contributed by atoms with E-state index in [0.717, 1.165) is 5.69 Å². The summed E-state index contributed by atoms with van der Waals surface area (Å²) in [5.41, 5.74) is 3.61. The Morgan fingerprint density at radius 3 is 2.65 bits per heavy atom. The quantitative estimate of drug-likeness (QED) is 0.861. The molecule has 0 saturated carbocycles. The van der Waals surface area contributed by atoms with Gasteiger partial charge in [-0.15, -0.1) is 0 Å². The number of hydrazine groups is 1. The van der Waals surface area contributed by atoms with Gasteiger partial charge in [0.25, 0.3) is 5.91 Å². The van der Waals surface area contributed by atoms with E-state index in [4.69, 9.17) is 16.3 Å². The molecule has 2 rings (SSSR count). The van der Waals surface area contributed by atoms with Crippen molar-refractivity contribution in [3.63, 3.8) is 0 Å². The molecule has 1 amide bonds. The molecule has 2 aromatic rings. The van der Waals surface area contributed by atoms with Gasteiger partial charge in [0.2, 0.25) is 0 Å². The Bertz CT molecular complexity index is 575. The summed E-state index contributed by atoms with van der Waals surface area (Å²) in [5, 5.41) is 2.22. The predicted octanol–water partition coefficient (Wildman–Crippen LogP) is 2.89. The highest BCUT2D eigenvalue weighted by atomic mass is 35.5. The van der Waals surface area contributed by atoms with Gasteiger partial charge in [0.1, 0.15) is 5.75 Å². The van der Waals surface area contributed by atoms with Gasteiger partial charge in [-0.1, -0.05) is 35.9 Å². The van der Waals surface area contributed by atoms with Gasteiger partial charge in [-0.2, -0.15) is 0 Å². The fourth-order valence-corrected chi connectivity index (χ4v) is 1.82. The van der Waals surface area contributed by atoms with Crippen molar-refractivity contribution in [2.45, 2.75) is 0 Å². The van der Waals surface area contributed by atoms with Crippen molar-refractivity contribution in [2.75, 3.05) is 18.7 Å². The van der Waals surface area contributed by atoms with E-state index in [1.54, 1.807) is 36.3 Å². The summed E-state index contributed by atoms with van der Waals surface area (Å²) in [6.07, 6.45) is 0. The van der Waals surface area contributed by atoms with E-state index in [1.165, 1.54) is 0 Å². The Morgan fingerprint density at radius 1 is 1.20 bits per heavy atom. The lowest BCUT2D eigenvalue weighted by molar-refractivity contribution is -0.123. The van der Waals surface area contributed by atoms with Crippen LogP contribution < -0.4 is 15.2 Å². The Labute approximate surface area is 122 Å². The number of anilines is 1. The van der Waals surface area contributed by atoms with Crippen molar-refractivity contribution < 1.29 is 9.53 Å². The molecule has 4 nitrogen and oxygen atoms in total. The zero-order valence-electron chi connectivity index (χ0n) is 11.0. The highest BCUT2D eigenvalue weighted by molar-refractivity contribution is 6.30. The number of rotatable bonds is 5. The van der Waals surface area contributed by atoms with Gasteiger partial charge in [-0.25, -0.2) is 0 Å². The molecule has 0 aliphatic carbocycles. The zero-order chi connectivity index (χ0) is 14.4. The Morgan fingerprint density at radius 2 is 1.95 bits per heavy atom. The number of hydrogen-bond donors (Lipinski definition) is 1. The van der Waals surface area contributed by atoms with Gasteiger partial charge in [-0.3, -0.25) is 15.2 Å². The first kappa shape index (κ1) is 14.2. The third-order valence-electron chi connectivity index (χ3n) is 2.60. The summed E-state index contributed by atoms with van der Waals surface area (Å²) in [4.78, 5) is 11.8. The van der Waals surface area contributed by atoms with Crippen LogP contribution in [0.2, 0.25) is 5.02 Å². The highest BCUT2D eigenvalue weighted by Gasteiger charge is 2.06. The van der Waals surface area contributed by atoms with E-state index < -0.39 is 0 Å². The predicted molar refractivity (Wildman–Crippen MR) is 79.9 cm³/mol. The number of carbonyl (C=O) groups excluding carboxylic acids is 1. The van der Waals surface area contributed by atoms with E-state index in [9.17, 15) is 4.79 Å². The summed E-state index contributed by atoms with van der Waals surface area (Å²) in [7, 11) is 1.77. The van der Waals surface area contributed by atoms with Crippen LogP contribution in [0.15, 0.2) is 54.6 Å². The van der Waals surface area contributed by atoms with Crippen LogP contribution in [0.5, 0.6) is 5.75 Å². The van der Waals surface area contributed by atoms with Crippen LogP contribution in [0.3, 0.4) is 0 Å². The minimum atomic E-state index is -0.240. The molecule has 0 fully saturated rings. The molecule has 1 N–H and O–H groups in total. The minimum Gasteiger partial charge on any atom is -0.484 e. The highest BCUT2D eigenvalue weighted by Crippen LogP contribution is 2.16. The standard InChI is InChI=1S/C15H15ClN2O2/c1-18(13-7-3-2-4-8-13)17-15(19)11-20-14-9-5-6-12(16)10-14/h2-10H,11H2,1H3,(H,17,19). The molecule has 0 spiro atoms. The normalized spacial score (nSPS) is 9.90. The molecule has 104 valence electrons. The minimum absolute atomic E-state index is 0.0719. The van der Waals surface area contributed by atoms with Crippen molar-refractivity contribution in [1.82, 2.24) is 5.43 Å². The number of amides is 1. The number of nitrogens with zero attached hydrogens (tertiary/aromatic N) is 1. The number of halogens is 1. The molecule has 5 heteroatoms. The molecule has 0 saturated heterocycles. The number of benzene rings is 2. The van der Waals surface area contributed by atoms with Crippen LogP contribution in [-0.2, 0) is 4.79 Å². The second-order valence-electron chi connectivity index (χ2n) is 4.18. The molecule has 0 heterocycles. The van der Waals surface area contributed by atoms with Crippen LogP contribution in [0.25, 0.3) is 0 Å². The van der Waals surface area contributed by atoms with Crippen molar-refractivity contribution >= 4 is 23.2 Å². The largest absolute Gasteiger partial charge is 0.484 e. The van der Waals surface area contributed by atoms with Crippen LogP contribution in [0.1, 0.15) is 0 Å². The topological polar surface area (TPSA) is 41.6 Å². The molecule has 0 unspecified atom stereocenters. The lowest BCUT2D eigenvalue weighted by Gasteiger charge is -2.20. The molecule has 0 bridgehead atoms. The first-order valence-electron chi connectivity index (χ1n) is 6.12. The van der Waals surface area contributed by atoms with E-state index in [-0.39, 0.29) is 12.5 Å². The molecular formula is C15H15ClN2O2. The second-order valence-corrected chi connectivity index (χ2v) is 4.61. The third kappa shape index (κ3) is 4.17. The first-order chi connectivity index (χ1) is 9.65. The van der Waals surface area contributed by atoms with Gasteiger partial charge < -0.3 is 4.74 Å². The van der Waals surface area contributed by atoms with E-state index in [0.29, 0.717) is 10.8 Å². The summed E-state index contributed by atoms with van der Waals surface area (Å²) in [6.45, 7) is -0.0719. The summed E-state index contributed by atoms with van der Waals surface area (Å²) in [6, 6.07) is 16.5. The first-order valence-corrected chi connectivity index (χ1v) is 6.49. The third-order valence-corrected chi connectivity index (χ3v) is 2.84. The summed E-state index contributed by atoms with van der Waals surface area (Å²) in [5.74, 6) is 0.325. The Balaban J connectivity index is 1.84. The Kier molecular flexibility index (Phi) is 4.85. The second kappa shape index (κ2) is 6.82. The van der Waals surface area contributed by atoms with E-state index in [2.05, 4.69) is 5.43 Å². The van der Waals surface area contributed by atoms with Crippen LogP contribution in [-0.4, -0.2) is 19.6 Å². The molecule has 2 aromatic carbocycles. The maximum atomic E-state index is 11.8. The molecule has 20 heavy (non-hydrogen) atoms. The number of para-hydroxylation sites is 1. The van der Waals surface area contributed by atoms with Crippen LogP contribution >= 0.6 is 11.6 Å². The van der Waals surface area contributed by atoms with Crippen LogP contribution in [0, 0.1) is 0 Å². The molecule has 0 aromatic heterocycles. The number of carbonyl (C=O) groups is 1. The molecule has 0 atom stereocenters. The van der Waals surface area contributed by atoms with E-state index in [1.807, 2.05) is 30.3 Å². The smallest absolute Gasteiger partial charge is 0.276 e. The number of hydrogen-bond acceptors (Lipinski definition) is 3. The maximum absolute atomic E-state index is 11.8. The van der Waals surface area contributed by atoms with Crippen molar-refractivity contribution in [1.29, 1.82) is 0 Å². The van der Waals surface area contributed by atoms with Gasteiger partial charge in [0.15, 0.2) is 6.61 Å². The monoisotopic (exact) mass is 290 g/mol. The summed E-state index contributed by atoms with van der Waals surface area (Å²) < 4.78 is 5.36. The SMILES string of the molecule is CN(NC(=O)COc1cccc(Cl)c1)c1ccccc1. The van der Waals surface area contributed by atoms with Gasteiger partial charge in [0, 0.05) is 12.1 Å². The molecule has 0 aliphatic rings. The average molecular weight is 291 g/mol. The lowest BCUT2D eigenvalue weighted by atomic mass is 10.3. The number of ether oxygens (including phenoxy) is 1. The van der Waals surface area contributed by atoms with Gasteiger partial charge in [0.05, 0.1) is 5.69 Å². The van der Waals surface area contributed by atoms with Crippen molar-refractivity contribution in [2.24, 2.45) is 0 Å². The average Bonchev–Trinajstić information content (AvgIpc) is 2.46. The lowest BCUT2D eigenvalue weighted by Crippen LogP contribution is -2.41. The van der Waals surface area contributed by atoms with Crippen molar-refractivity contribution in [3.05, 3.63) is 59.6 Å². The van der Waals surface area contributed by atoms with Gasteiger partial charge >= 0.3 is 0 Å². The molecule has 0 radical (unpaired) electrons. The molecular weight excluding hydrogens is 276 g/mol. The van der Waals surface area contributed by atoms with E-state index >= 15 is 0 Å². The zero-order valence-corrected chi connectivity index (χ0v) is 11.8. The summed E-state index contributed by atoms with van der Waals surface area (Å²) >= 11 is 5.84. The van der Waals surface area contributed by atoms with Gasteiger partial charge in [-0.05, 0) is 30.3 Å². The number of nitrogens with one attached hydrogen (secondary N) is 1. The maximum Gasteiger partial charge on any atom is 0.276 e. The Hall–Kier alpha value is -2.20. The fraction of sp³-hybridized carbons (Fsp3) is 0.133. The van der Waals surface area contributed by atoms with Crippen molar-refractivity contribution in [3.8, 4) is 5.75 Å². The van der Waals surface area contributed by atoms with Crippen LogP contribution in [0.4, 0.5) is 5.69 Å². The fourth-order valence-electron chi connectivity index (χ4n) is 1.64. The molecule has 0 aliphatic heterocycles.